The number of aromatic nitrogens is 3. The summed E-state index contributed by atoms with van der Waals surface area (Å²) in [6.07, 6.45) is 2.14. The third kappa shape index (κ3) is 5.89. The number of carbonyl (C=O) groups is 2. The molecule has 0 radical (unpaired) electrons. The smallest absolute Gasteiger partial charge is 0.341 e. The number of aryl methyl sites for hydroxylation is 1. The Morgan fingerprint density at radius 1 is 1.05 bits per heavy atom. The molecule has 1 aromatic carbocycles. The lowest BCUT2D eigenvalue weighted by Crippen LogP contribution is -2.33. The molecule has 40 heavy (non-hydrogen) atoms. The van der Waals surface area contributed by atoms with Crippen LogP contribution < -0.4 is 20.5 Å². The van der Waals surface area contributed by atoms with Crippen molar-refractivity contribution in [1.82, 2.24) is 14.0 Å². The fraction of sp³-hybridized carbons (Fsp3) is 0.345. The zero-order chi connectivity index (χ0) is 28.8. The number of hydrogen-bond acceptors (Lipinski definition) is 8. The van der Waals surface area contributed by atoms with Crippen molar-refractivity contribution in [3.8, 4) is 11.5 Å². The summed E-state index contributed by atoms with van der Waals surface area (Å²) in [5.74, 6) is -0.537. The van der Waals surface area contributed by atoms with Crippen LogP contribution in [-0.2, 0) is 16.0 Å². The van der Waals surface area contributed by atoms with Crippen molar-refractivity contribution in [2.75, 3.05) is 27.4 Å². The van der Waals surface area contributed by atoms with Gasteiger partial charge in [0.25, 0.3) is 11.5 Å². The second-order valence-electron chi connectivity index (χ2n) is 9.10. The number of hydrogen-bond donors (Lipinski definition) is 0. The third-order valence-electron chi connectivity index (χ3n) is 6.10. The van der Waals surface area contributed by atoms with Crippen molar-refractivity contribution in [2.45, 2.75) is 39.8 Å². The molecule has 0 unspecified atom stereocenters. The Bertz CT molecular complexity index is 1690. The maximum absolute atomic E-state index is 13.5. The summed E-state index contributed by atoms with van der Waals surface area (Å²) in [7, 11) is 2.96. The van der Waals surface area contributed by atoms with Crippen LogP contribution in [0.3, 0.4) is 0 Å². The van der Waals surface area contributed by atoms with Crippen LogP contribution in [0.25, 0.3) is 16.7 Å². The van der Waals surface area contributed by atoms with Crippen LogP contribution in [0.15, 0.2) is 58.4 Å². The minimum absolute atomic E-state index is 0.0233. The van der Waals surface area contributed by atoms with E-state index in [1.807, 2.05) is 13.8 Å². The molecule has 210 valence electrons. The molecule has 0 N–H and O–H groups in total. The van der Waals surface area contributed by atoms with Gasteiger partial charge in [0.1, 0.15) is 16.9 Å². The highest BCUT2D eigenvalue weighted by atomic mass is 16.5. The molecule has 3 aromatic heterocycles. The number of pyridine rings is 2. The highest BCUT2D eigenvalue weighted by molar-refractivity contribution is 5.97. The van der Waals surface area contributed by atoms with Gasteiger partial charge in [0.05, 0.1) is 32.3 Å². The van der Waals surface area contributed by atoms with E-state index >= 15 is 0 Å². The molecule has 4 rings (SSSR count). The second-order valence-corrected chi connectivity index (χ2v) is 9.10. The van der Waals surface area contributed by atoms with E-state index < -0.39 is 11.9 Å². The first kappa shape index (κ1) is 28.5. The summed E-state index contributed by atoms with van der Waals surface area (Å²) in [6, 6.07) is 11.2. The quantitative estimate of drug-likeness (QED) is 0.168. The van der Waals surface area contributed by atoms with Gasteiger partial charge < -0.3 is 23.5 Å². The van der Waals surface area contributed by atoms with Gasteiger partial charge in [0.2, 0.25) is 0 Å². The summed E-state index contributed by atoms with van der Waals surface area (Å²) in [5.41, 5.74) is 0.552. The number of nitrogens with zero attached hydrogens (tertiary/aromatic N) is 4. The molecule has 0 spiro atoms. The molecule has 0 saturated heterocycles. The van der Waals surface area contributed by atoms with Gasteiger partial charge in [-0.1, -0.05) is 6.07 Å². The van der Waals surface area contributed by atoms with Crippen molar-refractivity contribution >= 4 is 28.6 Å². The van der Waals surface area contributed by atoms with Crippen molar-refractivity contribution in [3.63, 3.8) is 0 Å². The Kier molecular flexibility index (Phi) is 8.95. The van der Waals surface area contributed by atoms with E-state index in [1.165, 1.54) is 30.8 Å². The monoisotopic (exact) mass is 548 g/mol. The molecule has 1 amide bonds. The number of ether oxygens (including phenoxy) is 4. The van der Waals surface area contributed by atoms with Crippen LogP contribution >= 0.6 is 0 Å². The molecule has 0 fully saturated rings. The summed E-state index contributed by atoms with van der Waals surface area (Å²) in [5, 5.41) is 0.189. The minimum Gasteiger partial charge on any atom is -0.493 e. The number of benzene rings is 1. The van der Waals surface area contributed by atoms with Crippen LogP contribution in [0.2, 0.25) is 0 Å². The average molecular weight is 549 g/mol. The largest absolute Gasteiger partial charge is 0.493 e. The first-order chi connectivity index (χ1) is 19.3. The van der Waals surface area contributed by atoms with E-state index in [1.54, 1.807) is 48.0 Å². The number of fused-ring (bicyclic) bond motifs is 2. The van der Waals surface area contributed by atoms with Gasteiger partial charge in [-0.3, -0.25) is 14.0 Å². The number of amides is 1. The van der Waals surface area contributed by atoms with E-state index in [4.69, 9.17) is 23.9 Å². The summed E-state index contributed by atoms with van der Waals surface area (Å²) in [4.78, 5) is 49.2. The normalized spacial score (nSPS) is 11.8. The number of carbonyl (C=O) groups excluding carboxylic acids is 2. The fourth-order valence-corrected chi connectivity index (χ4v) is 4.24. The Morgan fingerprint density at radius 3 is 2.52 bits per heavy atom. The minimum atomic E-state index is -0.715. The lowest BCUT2D eigenvalue weighted by molar-refractivity contribution is 0.0523. The SMILES string of the molecule is CCOC(=O)c1cc2c(=O)n3ccccc3nc2n(CCCOC(C)C)c1=NC(=O)c1ccc(OC)c(OC)c1. The molecule has 11 nitrogen and oxygen atoms in total. The molecule has 11 heteroatoms. The molecule has 0 bridgehead atoms. The molecular weight excluding hydrogens is 516 g/mol. The first-order valence-corrected chi connectivity index (χ1v) is 12.9. The number of rotatable bonds is 10. The molecule has 0 aliphatic rings. The molecule has 4 aromatic rings. The average Bonchev–Trinajstić information content (AvgIpc) is 2.95. The van der Waals surface area contributed by atoms with Gasteiger partial charge in [-0.25, -0.2) is 9.78 Å². The van der Waals surface area contributed by atoms with Crippen molar-refractivity contribution in [2.24, 2.45) is 4.99 Å². The summed E-state index contributed by atoms with van der Waals surface area (Å²) >= 11 is 0. The predicted molar refractivity (Wildman–Crippen MR) is 148 cm³/mol. The molecule has 0 atom stereocenters. The van der Waals surface area contributed by atoms with Gasteiger partial charge in [-0.2, -0.15) is 4.99 Å². The van der Waals surface area contributed by atoms with Gasteiger partial charge in [-0.05, 0) is 63.6 Å². The lowest BCUT2D eigenvalue weighted by Gasteiger charge is -2.16. The lowest BCUT2D eigenvalue weighted by atomic mass is 10.1. The molecule has 3 heterocycles. The van der Waals surface area contributed by atoms with E-state index in [0.717, 1.165) is 0 Å². The first-order valence-electron chi connectivity index (χ1n) is 12.9. The maximum Gasteiger partial charge on any atom is 0.341 e. The summed E-state index contributed by atoms with van der Waals surface area (Å²) < 4.78 is 24.6. The van der Waals surface area contributed by atoms with E-state index in [0.29, 0.717) is 30.2 Å². The van der Waals surface area contributed by atoms with E-state index in [-0.39, 0.29) is 52.5 Å². The maximum atomic E-state index is 13.5. The number of esters is 1. The van der Waals surface area contributed by atoms with Gasteiger partial charge in [0, 0.05) is 24.9 Å². The molecule has 0 saturated carbocycles. The van der Waals surface area contributed by atoms with Crippen molar-refractivity contribution in [1.29, 1.82) is 0 Å². The second kappa shape index (κ2) is 12.6. The van der Waals surface area contributed by atoms with Crippen molar-refractivity contribution in [3.05, 3.63) is 75.6 Å². The topological polar surface area (TPSA) is 123 Å². The van der Waals surface area contributed by atoms with E-state index in [2.05, 4.69) is 4.99 Å². The Hall–Kier alpha value is -4.51. The van der Waals surface area contributed by atoms with Gasteiger partial charge in [-0.15, -0.1) is 0 Å². The summed E-state index contributed by atoms with van der Waals surface area (Å²) in [6.45, 7) is 6.31. The highest BCUT2D eigenvalue weighted by Crippen LogP contribution is 2.27. The van der Waals surface area contributed by atoms with Crippen molar-refractivity contribution < 1.29 is 28.5 Å². The van der Waals surface area contributed by atoms with Crippen LogP contribution in [0.4, 0.5) is 0 Å². The van der Waals surface area contributed by atoms with Crippen LogP contribution in [0.5, 0.6) is 11.5 Å². The number of methoxy groups -OCH3 is 2. The standard InChI is InChI=1S/C29H32N4O7/c1-6-39-29(36)21-17-20-25(30-24-10-7-8-13-32(24)28(20)35)33(14-9-15-40-18(2)3)26(21)31-27(34)19-11-12-22(37-4)23(16-19)38-5/h7-8,10-13,16-18H,6,9,14-15H2,1-5H3. The Labute approximate surface area is 230 Å². The zero-order valence-corrected chi connectivity index (χ0v) is 23.2. The van der Waals surface area contributed by atoms with Gasteiger partial charge >= 0.3 is 5.97 Å². The van der Waals surface area contributed by atoms with Crippen LogP contribution in [-0.4, -0.2) is 59.4 Å². The fourth-order valence-electron chi connectivity index (χ4n) is 4.24. The molecule has 0 aliphatic heterocycles. The third-order valence-corrected chi connectivity index (χ3v) is 6.10. The van der Waals surface area contributed by atoms with Crippen LogP contribution in [0, 0.1) is 0 Å². The molecule has 0 aliphatic carbocycles. The zero-order valence-electron chi connectivity index (χ0n) is 23.2. The van der Waals surface area contributed by atoms with Crippen LogP contribution in [0.1, 0.15) is 47.9 Å². The predicted octanol–water partition coefficient (Wildman–Crippen LogP) is 3.40. The van der Waals surface area contributed by atoms with E-state index in [9.17, 15) is 14.4 Å². The Morgan fingerprint density at radius 2 is 1.82 bits per heavy atom. The highest BCUT2D eigenvalue weighted by Gasteiger charge is 2.21. The van der Waals surface area contributed by atoms with Gasteiger partial charge in [0.15, 0.2) is 17.0 Å². The Balaban J connectivity index is 2.01. The molecular formula is C29H32N4O7.